The third-order valence-corrected chi connectivity index (χ3v) is 4.41. The van der Waals surface area contributed by atoms with E-state index in [-0.39, 0.29) is 11.5 Å². The molecule has 0 bridgehead atoms. The summed E-state index contributed by atoms with van der Waals surface area (Å²) in [5.41, 5.74) is 0.951. The normalized spacial score (nSPS) is 17.1. The fraction of sp³-hybridized carbons (Fsp3) is 0.750. The first kappa shape index (κ1) is 14.3. The van der Waals surface area contributed by atoms with Gasteiger partial charge in [0.25, 0.3) is 5.56 Å². The van der Waals surface area contributed by atoms with Crippen molar-refractivity contribution in [2.75, 3.05) is 0 Å². The van der Waals surface area contributed by atoms with E-state index in [0.717, 1.165) is 23.7 Å². The van der Waals surface area contributed by atoms with Gasteiger partial charge in [-0.15, -0.1) is 0 Å². The lowest BCUT2D eigenvalue weighted by Gasteiger charge is -2.21. The first-order valence-corrected chi connectivity index (χ1v) is 7.64. The van der Waals surface area contributed by atoms with Gasteiger partial charge in [0, 0.05) is 25.2 Å². The van der Waals surface area contributed by atoms with E-state index in [0.29, 0.717) is 0 Å². The Morgan fingerprint density at radius 2 is 2.00 bits per heavy atom. The highest BCUT2D eigenvalue weighted by Gasteiger charge is 2.15. The molecule has 0 radical (unpaired) electrons. The van der Waals surface area contributed by atoms with Crippen molar-refractivity contribution >= 4 is 0 Å². The van der Waals surface area contributed by atoms with Crippen LogP contribution in [0.3, 0.4) is 0 Å². The number of nitrogens with zero attached hydrogens (tertiary/aromatic N) is 2. The molecule has 0 N–H and O–H groups in total. The molecule has 106 valence electrons. The summed E-state index contributed by atoms with van der Waals surface area (Å²) in [5.74, 6) is 2.04. The molecule has 3 nitrogen and oxygen atoms in total. The summed E-state index contributed by atoms with van der Waals surface area (Å²) in [6.45, 7) is 4.08. The Labute approximate surface area is 116 Å². The van der Waals surface area contributed by atoms with Gasteiger partial charge >= 0.3 is 0 Å². The van der Waals surface area contributed by atoms with Crippen LogP contribution in [0.15, 0.2) is 11.0 Å². The van der Waals surface area contributed by atoms with Gasteiger partial charge < -0.3 is 0 Å². The second kappa shape index (κ2) is 6.36. The van der Waals surface area contributed by atoms with E-state index in [1.165, 1.54) is 38.5 Å². The van der Waals surface area contributed by atoms with Gasteiger partial charge in [0.2, 0.25) is 0 Å². The van der Waals surface area contributed by atoms with Crippen LogP contribution >= 0.6 is 0 Å². The number of hydrogen-bond acceptors (Lipinski definition) is 2. The fourth-order valence-corrected chi connectivity index (χ4v) is 3.03. The first-order chi connectivity index (χ1) is 9.09. The van der Waals surface area contributed by atoms with Crippen LogP contribution in [0, 0.1) is 5.92 Å². The Balaban J connectivity index is 2.04. The van der Waals surface area contributed by atoms with Crippen molar-refractivity contribution in [3.05, 3.63) is 27.9 Å². The highest BCUT2D eigenvalue weighted by atomic mass is 16.1. The Morgan fingerprint density at radius 1 is 1.32 bits per heavy atom. The van der Waals surface area contributed by atoms with Crippen molar-refractivity contribution in [1.29, 1.82) is 0 Å². The molecule has 0 aliphatic heterocycles. The topological polar surface area (TPSA) is 34.9 Å². The SMILES string of the molecule is CC(C)c1cnc(CCC2CCCCC2)n(C)c1=O. The molecule has 1 saturated carbocycles. The summed E-state index contributed by atoms with van der Waals surface area (Å²) in [5, 5.41) is 0. The van der Waals surface area contributed by atoms with Crippen molar-refractivity contribution < 1.29 is 0 Å². The van der Waals surface area contributed by atoms with E-state index in [1.807, 2.05) is 20.9 Å². The summed E-state index contributed by atoms with van der Waals surface area (Å²) in [6, 6.07) is 0. The molecule has 1 heterocycles. The van der Waals surface area contributed by atoms with Gasteiger partial charge in [-0.1, -0.05) is 46.0 Å². The third kappa shape index (κ3) is 3.46. The van der Waals surface area contributed by atoms with E-state index in [9.17, 15) is 4.79 Å². The lowest BCUT2D eigenvalue weighted by molar-refractivity contribution is 0.336. The zero-order valence-corrected chi connectivity index (χ0v) is 12.5. The van der Waals surface area contributed by atoms with Gasteiger partial charge in [-0.25, -0.2) is 4.98 Å². The van der Waals surface area contributed by atoms with Gasteiger partial charge in [-0.3, -0.25) is 9.36 Å². The van der Waals surface area contributed by atoms with Crippen LogP contribution in [0.25, 0.3) is 0 Å². The summed E-state index contributed by atoms with van der Waals surface area (Å²) < 4.78 is 1.75. The molecule has 3 heteroatoms. The summed E-state index contributed by atoms with van der Waals surface area (Å²) >= 11 is 0. The van der Waals surface area contributed by atoms with E-state index >= 15 is 0 Å². The molecule has 19 heavy (non-hydrogen) atoms. The van der Waals surface area contributed by atoms with Crippen LogP contribution in [0.1, 0.15) is 69.7 Å². The minimum atomic E-state index is 0.128. The highest BCUT2D eigenvalue weighted by Crippen LogP contribution is 2.27. The second-order valence-electron chi connectivity index (χ2n) is 6.19. The van der Waals surface area contributed by atoms with Crippen molar-refractivity contribution in [3.8, 4) is 0 Å². The maximum atomic E-state index is 12.2. The zero-order chi connectivity index (χ0) is 13.8. The Hall–Kier alpha value is -1.12. The van der Waals surface area contributed by atoms with Gasteiger partial charge in [0.05, 0.1) is 0 Å². The quantitative estimate of drug-likeness (QED) is 0.833. The van der Waals surface area contributed by atoms with Crippen LogP contribution in [0.2, 0.25) is 0 Å². The fourth-order valence-electron chi connectivity index (χ4n) is 3.03. The molecule has 1 aliphatic carbocycles. The smallest absolute Gasteiger partial charge is 0.256 e. The molecule has 0 saturated heterocycles. The van der Waals surface area contributed by atoms with Gasteiger partial charge in [-0.2, -0.15) is 0 Å². The standard InChI is InChI=1S/C16H26N2O/c1-12(2)14-11-17-15(18(3)16(14)19)10-9-13-7-5-4-6-8-13/h11-13H,4-10H2,1-3H3. The maximum Gasteiger partial charge on any atom is 0.256 e. The zero-order valence-electron chi connectivity index (χ0n) is 12.5. The summed E-state index contributed by atoms with van der Waals surface area (Å²) in [4.78, 5) is 16.7. The molecule has 1 aromatic rings. The van der Waals surface area contributed by atoms with Gasteiger partial charge in [0.1, 0.15) is 5.82 Å². The van der Waals surface area contributed by atoms with Crippen LogP contribution in [-0.4, -0.2) is 9.55 Å². The van der Waals surface area contributed by atoms with Gasteiger partial charge in [-0.05, 0) is 18.3 Å². The minimum absolute atomic E-state index is 0.128. The van der Waals surface area contributed by atoms with Crippen molar-refractivity contribution in [2.24, 2.45) is 13.0 Å². The number of aryl methyl sites for hydroxylation is 1. The predicted molar refractivity (Wildman–Crippen MR) is 78.5 cm³/mol. The first-order valence-electron chi connectivity index (χ1n) is 7.64. The van der Waals surface area contributed by atoms with Crippen LogP contribution in [0.4, 0.5) is 0 Å². The Kier molecular flexibility index (Phi) is 4.78. The van der Waals surface area contributed by atoms with Crippen molar-refractivity contribution in [3.63, 3.8) is 0 Å². The summed E-state index contributed by atoms with van der Waals surface area (Å²) in [6.07, 6.45) is 10.8. The summed E-state index contributed by atoms with van der Waals surface area (Å²) in [7, 11) is 1.86. The molecular formula is C16H26N2O. The Bertz CT molecular complexity index is 470. The molecule has 1 aromatic heterocycles. The van der Waals surface area contributed by atoms with E-state index < -0.39 is 0 Å². The number of rotatable bonds is 4. The average Bonchev–Trinajstić information content (AvgIpc) is 2.41. The molecular weight excluding hydrogens is 236 g/mol. The van der Waals surface area contributed by atoms with Crippen LogP contribution < -0.4 is 5.56 Å². The molecule has 0 amide bonds. The van der Waals surface area contributed by atoms with Crippen LogP contribution in [0.5, 0.6) is 0 Å². The number of hydrogen-bond donors (Lipinski definition) is 0. The van der Waals surface area contributed by atoms with Gasteiger partial charge in [0.15, 0.2) is 0 Å². The lowest BCUT2D eigenvalue weighted by Crippen LogP contribution is -2.26. The predicted octanol–water partition coefficient (Wildman–Crippen LogP) is 3.42. The highest BCUT2D eigenvalue weighted by molar-refractivity contribution is 5.11. The van der Waals surface area contributed by atoms with Crippen molar-refractivity contribution in [2.45, 2.75) is 64.7 Å². The minimum Gasteiger partial charge on any atom is -0.300 e. The van der Waals surface area contributed by atoms with E-state index in [1.54, 1.807) is 10.8 Å². The molecule has 1 aliphatic rings. The van der Waals surface area contributed by atoms with Crippen LogP contribution in [-0.2, 0) is 13.5 Å². The maximum absolute atomic E-state index is 12.2. The molecule has 0 unspecified atom stereocenters. The molecule has 2 rings (SSSR count). The molecule has 0 atom stereocenters. The Morgan fingerprint density at radius 3 is 2.63 bits per heavy atom. The number of aromatic nitrogens is 2. The van der Waals surface area contributed by atoms with E-state index in [2.05, 4.69) is 4.98 Å². The second-order valence-corrected chi connectivity index (χ2v) is 6.19. The van der Waals surface area contributed by atoms with Crippen molar-refractivity contribution in [1.82, 2.24) is 9.55 Å². The lowest BCUT2D eigenvalue weighted by atomic mass is 9.86. The monoisotopic (exact) mass is 262 g/mol. The largest absolute Gasteiger partial charge is 0.300 e. The third-order valence-electron chi connectivity index (χ3n) is 4.41. The molecule has 0 spiro atoms. The van der Waals surface area contributed by atoms with E-state index in [4.69, 9.17) is 0 Å². The molecule has 0 aromatic carbocycles. The molecule has 1 fully saturated rings. The average molecular weight is 262 g/mol.